The number of amides is 1. The van der Waals surface area contributed by atoms with Crippen LogP contribution >= 0.6 is 11.8 Å². The number of hydrogen-bond acceptors (Lipinski definition) is 6. The molecule has 2 aromatic heterocycles. The Bertz CT molecular complexity index is 1170. The average Bonchev–Trinajstić information content (AvgIpc) is 3.26. The highest BCUT2D eigenvalue weighted by Crippen LogP contribution is 2.32. The number of hydrogen-bond donors (Lipinski definition) is 2. The van der Waals surface area contributed by atoms with Gasteiger partial charge in [0.2, 0.25) is 0 Å². The third kappa shape index (κ3) is 4.59. The van der Waals surface area contributed by atoms with Gasteiger partial charge in [-0.1, -0.05) is 0 Å². The number of nitrogens with zero attached hydrogens (tertiary/aromatic N) is 3. The molecule has 1 aromatic carbocycles. The fourth-order valence-electron chi connectivity index (χ4n) is 4.67. The first-order valence-corrected chi connectivity index (χ1v) is 12.9. The van der Waals surface area contributed by atoms with Crippen molar-refractivity contribution in [3.8, 4) is 0 Å². The maximum Gasteiger partial charge on any atom is 0.251 e. The van der Waals surface area contributed by atoms with E-state index in [4.69, 9.17) is 9.72 Å². The van der Waals surface area contributed by atoms with Gasteiger partial charge in [-0.05, 0) is 69.0 Å². The molecule has 5 rings (SSSR count). The first-order valence-electron chi connectivity index (χ1n) is 11.9. The number of pyridine rings is 1. The van der Waals surface area contributed by atoms with Gasteiger partial charge in [-0.25, -0.2) is 9.67 Å². The fraction of sp³-hybridized carbons (Fsp3) is 0.480. The van der Waals surface area contributed by atoms with E-state index in [1.165, 1.54) is 16.9 Å². The molecule has 0 bridgehead atoms. The lowest BCUT2D eigenvalue weighted by Crippen LogP contribution is -2.30. The van der Waals surface area contributed by atoms with Gasteiger partial charge >= 0.3 is 0 Å². The number of fused-ring (bicyclic) bond motifs is 2. The molecule has 1 amide bonds. The number of carbonyl (C=O) groups excluding carboxylic acids is 1. The number of nitrogens with one attached hydrogen (secondary N) is 2. The number of ether oxygens (including phenoxy) is 1. The van der Waals surface area contributed by atoms with Crippen molar-refractivity contribution in [2.24, 2.45) is 0 Å². The predicted octanol–water partition coefficient (Wildman–Crippen LogP) is 4.32. The zero-order valence-corrected chi connectivity index (χ0v) is 20.1. The lowest BCUT2D eigenvalue weighted by molar-refractivity contribution is 0.0904. The van der Waals surface area contributed by atoms with Gasteiger partial charge in [0.05, 0.1) is 17.3 Å². The Labute approximate surface area is 198 Å². The smallest absolute Gasteiger partial charge is 0.251 e. The fourth-order valence-corrected chi connectivity index (χ4v) is 5.69. The average molecular weight is 466 g/mol. The summed E-state index contributed by atoms with van der Waals surface area (Å²) in [5.74, 6) is 1.11. The molecule has 0 spiro atoms. The van der Waals surface area contributed by atoms with Crippen molar-refractivity contribution in [2.75, 3.05) is 24.3 Å². The van der Waals surface area contributed by atoms with Crippen LogP contribution < -0.4 is 10.6 Å². The minimum absolute atomic E-state index is 0.0471. The Morgan fingerprint density at radius 1 is 1.30 bits per heavy atom. The van der Waals surface area contributed by atoms with Crippen LogP contribution in [0.4, 0.5) is 5.69 Å². The lowest BCUT2D eigenvalue weighted by atomic mass is 10.0. The van der Waals surface area contributed by atoms with Crippen LogP contribution in [0.1, 0.15) is 53.4 Å². The zero-order chi connectivity index (χ0) is 22.8. The minimum atomic E-state index is -0.0471. The number of benzene rings is 1. The van der Waals surface area contributed by atoms with E-state index in [0.29, 0.717) is 12.6 Å². The van der Waals surface area contributed by atoms with Crippen LogP contribution in [0, 0.1) is 6.92 Å². The predicted molar refractivity (Wildman–Crippen MR) is 132 cm³/mol. The molecule has 33 heavy (non-hydrogen) atoms. The quantitative estimate of drug-likeness (QED) is 0.564. The second-order valence-electron chi connectivity index (χ2n) is 8.74. The summed E-state index contributed by atoms with van der Waals surface area (Å²) in [6, 6.07) is 6.41. The van der Waals surface area contributed by atoms with E-state index >= 15 is 0 Å². The summed E-state index contributed by atoms with van der Waals surface area (Å²) in [5.41, 5.74) is 5.85. The van der Waals surface area contributed by atoms with Gasteiger partial charge in [0.25, 0.3) is 5.91 Å². The van der Waals surface area contributed by atoms with Crippen LogP contribution in [-0.4, -0.2) is 45.7 Å². The third-order valence-electron chi connectivity index (χ3n) is 6.56. The van der Waals surface area contributed by atoms with Crippen molar-refractivity contribution in [1.82, 2.24) is 20.1 Å². The maximum atomic E-state index is 13.0. The highest BCUT2D eigenvalue weighted by atomic mass is 32.2. The Balaban J connectivity index is 1.42. The summed E-state index contributed by atoms with van der Waals surface area (Å²) in [6.45, 7) is 6.80. The Kier molecular flexibility index (Phi) is 6.55. The van der Waals surface area contributed by atoms with E-state index in [2.05, 4.69) is 34.8 Å². The standard InChI is InChI=1S/C25H31N5O2S/c1-3-30-24-21(15-27-30)23(29-19-8-10-32-11-9-19)20(16(2)28-24)14-26-25(31)18-6-7-22-17(13-18)5-4-12-33-22/h6-7,13,15,19H,3-5,8-12,14H2,1-2H3,(H,26,31)(H,28,29). The van der Waals surface area contributed by atoms with E-state index in [0.717, 1.165) is 78.3 Å². The summed E-state index contributed by atoms with van der Waals surface area (Å²) in [7, 11) is 0. The summed E-state index contributed by atoms with van der Waals surface area (Å²) in [6.07, 6.45) is 6.02. The summed E-state index contributed by atoms with van der Waals surface area (Å²) < 4.78 is 7.46. The number of rotatable bonds is 6. The number of carbonyl (C=O) groups is 1. The van der Waals surface area contributed by atoms with Gasteiger partial charge in [-0.15, -0.1) is 11.8 Å². The van der Waals surface area contributed by atoms with Crippen molar-refractivity contribution in [3.63, 3.8) is 0 Å². The van der Waals surface area contributed by atoms with Gasteiger partial charge in [0, 0.05) is 54.1 Å². The van der Waals surface area contributed by atoms with Crippen LogP contribution in [0.25, 0.3) is 11.0 Å². The number of anilines is 1. The Morgan fingerprint density at radius 2 is 2.15 bits per heavy atom. The topological polar surface area (TPSA) is 81.1 Å². The molecule has 0 atom stereocenters. The molecule has 0 aliphatic carbocycles. The van der Waals surface area contributed by atoms with Crippen LogP contribution in [0.15, 0.2) is 29.3 Å². The molecule has 174 valence electrons. The van der Waals surface area contributed by atoms with Crippen LogP contribution in [0.3, 0.4) is 0 Å². The molecule has 2 N–H and O–H groups in total. The van der Waals surface area contributed by atoms with E-state index in [9.17, 15) is 4.79 Å². The molecule has 3 aromatic rings. The maximum absolute atomic E-state index is 13.0. The van der Waals surface area contributed by atoms with Crippen LogP contribution in [-0.2, 0) is 24.2 Å². The van der Waals surface area contributed by atoms with E-state index < -0.39 is 0 Å². The van der Waals surface area contributed by atoms with Crippen LogP contribution in [0.2, 0.25) is 0 Å². The normalized spacial score (nSPS) is 16.5. The molecule has 8 heteroatoms. The molecular formula is C25H31N5O2S. The van der Waals surface area contributed by atoms with Crippen molar-refractivity contribution in [3.05, 3.63) is 46.8 Å². The minimum Gasteiger partial charge on any atom is -0.381 e. The second kappa shape index (κ2) is 9.73. The molecule has 4 heterocycles. The molecule has 1 saturated heterocycles. The summed E-state index contributed by atoms with van der Waals surface area (Å²) in [5, 5.41) is 12.4. The molecule has 1 fully saturated rings. The van der Waals surface area contributed by atoms with Crippen molar-refractivity contribution in [1.29, 1.82) is 0 Å². The Hall–Kier alpha value is -2.58. The summed E-state index contributed by atoms with van der Waals surface area (Å²) in [4.78, 5) is 19.2. The van der Waals surface area contributed by atoms with Crippen LogP contribution in [0.5, 0.6) is 0 Å². The highest BCUT2D eigenvalue weighted by molar-refractivity contribution is 7.99. The molecule has 0 radical (unpaired) electrons. The van der Waals surface area contributed by atoms with E-state index in [1.54, 1.807) is 0 Å². The molecule has 0 unspecified atom stereocenters. The van der Waals surface area contributed by atoms with Gasteiger partial charge in [0.1, 0.15) is 0 Å². The molecule has 2 aliphatic rings. The van der Waals surface area contributed by atoms with Gasteiger partial charge in [-0.2, -0.15) is 5.10 Å². The van der Waals surface area contributed by atoms with Gasteiger partial charge < -0.3 is 15.4 Å². The first-order chi connectivity index (χ1) is 16.1. The van der Waals surface area contributed by atoms with Crippen molar-refractivity contribution < 1.29 is 9.53 Å². The number of aryl methyl sites for hydroxylation is 3. The van der Waals surface area contributed by atoms with Crippen molar-refractivity contribution >= 4 is 34.4 Å². The second-order valence-corrected chi connectivity index (χ2v) is 9.87. The van der Waals surface area contributed by atoms with E-state index in [-0.39, 0.29) is 5.91 Å². The number of aromatic nitrogens is 3. The largest absolute Gasteiger partial charge is 0.381 e. The third-order valence-corrected chi connectivity index (χ3v) is 7.76. The zero-order valence-electron chi connectivity index (χ0n) is 19.3. The molecular weight excluding hydrogens is 434 g/mol. The molecule has 2 aliphatic heterocycles. The lowest BCUT2D eigenvalue weighted by Gasteiger charge is -2.26. The SMILES string of the molecule is CCn1ncc2c(NC3CCOCC3)c(CNC(=O)c3ccc4c(c3)CCCS4)c(C)nc21. The summed E-state index contributed by atoms with van der Waals surface area (Å²) >= 11 is 1.88. The first kappa shape index (κ1) is 22.2. The number of thioether (sulfide) groups is 1. The Morgan fingerprint density at radius 3 is 2.97 bits per heavy atom. The van der Waals surface area contributed by atoms with Gasteiger partial charge in [-0.3, -0.25) is 4.79 Å². The molecule has 0 saturated carbocycles. The molecule has 7 nitrogen and oxygen atoms in total. The van der Waals surface area contributed by atoms with E-state index in [1.807, 2.05) is 35.6 Å². The van der Waals surface area contributed by atoms with Gasteiger partial charge in [0.15, 0.2) is 5.65 Å². The van der Waals surface area contributed by atoms with Crippen molar-refractivity contribution in [2.45, 2.75) is 63.6 Å². The monoisotopic (exact) mass is 465 g/mol. The highest BCUT2D eigenvalue weighted by Gasteiger charge is 2.21.